The Kier molecular flexibility index (Phi) is 7.03. The summed E-state index contributed by atoms with van der Waals surface area (Å²) >= 11 is 1.13. The maximum absolute atomic E-state index is 13.3. The van der Waals surface area contributed by atoms with Crippen LogP contribution < -0.4 is 10.9 Å². The van der Waals surface area contributed by atoms with E-state index in [9.17, 15) is 18.8 Å². The second kappa shape index (κ2) is 10.3. The van der Waals surface area contributed by atoms with Crippen molar-refractivity contribution in [2.75, 3.05) is 18.2 Å². The Morgan fingerprint density at radius 3 is 2.44 bits per heavy atom. The number of ether oxygens (including phenoxy) is 1. The number of methoxy groups -OCH3 is 1. The van der Waals surface area contributed by atoms with Crippen molar-refractivity contribution in [3.63, 3.8) is 0 Å². The highest BCUT2D eigenvalue weighted by atomic mass is 32.2. The molecule has 0 radical (unpaired) electrons. The molecule has 0 bridgehead atoms. The number of halogens is 1. The van der Waals surface area contributed by atoms with E-state index in [4.69, 9.17) is 0 Å². The van der Waals surface area contributed by atoms with Crippen LogP contribution in [0.15, 0.2) is 82.7 Å². The Labute approximate surface area is 198 Å². The minimum absolute atomic E-state index is 0.00690. The van der Waals surface area contributed by atoms with Gasteiger partial charge in [0.05, 0.1) is 35.9 Å². The highest BCUT2D eigenvalue weighted by Gasteiger charge is 2.14. The zero-order chi connectivity index (χ0) is 24.1. The highest BCUT2D eigenvalue weighted by molar-refractivity contribution is 7.99. The van der Waals surface area contributed by atoms with E-state index < -0.39 is 5.97 Å². The Hall–Kier alpha value is -3.98. The highest BCUT2D eigenvalue weighted by Crippen LogP contribution is 2.20. The Bertz CT molecular complexity index is 1400. The van der Waals surface area contributed by atoms with E-state index >= 15 is 0 Å². The van der Waals surface area contributed by atoms with Gasteiger partial charge in [-0.15, -0.1) is 0 Å². The summed E-state index contributed by atoms with van der Waals surface area (Å²) in [6.45, 7) is 0.190. The molecule has 1 heterocycles. The van der Waals surface area contributed by atoms with Crippen molar-refractivity contribution >= 4 is 40.2 Å². The second-order valence-corrected chi connectivity index (χ2v) is 8.28. The molecule has 0 aliphatic heterocycles. The lowest BCUT2D eigenvalue weighted by Gasteiger charge is -2.13. The van der Waals surface area contributed by atoms with E-state index in [1.54, 1.807) is 60.7 Å². The van der Waals surface area contributed by atoms with Gasteiger partial charge in [-0.25, -0.2) is 14.2 Å². The summed E-state index contributed by atoms with van der Waals surface area (Å²) in [6, 6.07) is 19.2. The van der Waals surface area contributed by atoms with Crippen molar-refractivity contribution in [2.24, 2.45) is 0 Å². The number of thioether (sulfide) groups is 1. The summed E-state index contributed by atoms with van der Waals surface area (Å²) in [7, 11) is 1.30. The van der Waals surface area contributed by atoms with E-state index in [1.807, 2.05) is 0 Å². The van der Waals surface area contributed by atoms with Gasteiger partial charge in [-0.2, -0.15) is 0 Å². The molecule has 9 heteroatoms. The normalized spacial score (nSPS) is 10.8. The molecule has 0 unspecified atom stereocenters. The first-order valence-corrected chi connectivity index (χ1v) is 11.3. The number of hydrogen-bond acceptors (Lipinski definition) is 6. The second-order valence-electron chi connectivity index (χ2n) is 7.34. The number of carbonyl (C=O) groups excluding carboxylic acids is 2. The predicted octanol–water partition coefficient (Wildman–Crippen LogP) is 4.10. The number of esters is 1. The molecule has 4 rings (SSSR count). The van der Waals surface area contributed by atoms with Crippen LogP contribution in [0, 0.1) is 5.82 Å². The number of fused-ring (bicyclic) bond motifs is 1. The van der Waals surface area contributed by atoms with Crippen LogP contribution in [0.3, 0.4) is 0 Å². The monoisotopic (exact) mass is 477 g/mol. The van der Waals surface area contributed by atoms with E-state index in [-0.39, 0.29) is 29.6 Å². The molecule has 0 saturated heterocycles. The summed E-state index contributed by atoms with van der Waals surface area (Å²) in [5.41, 5.74) is 1.92. The molecule has 1 N–H and O–H groups in total. The van der Waals surface area contributed by atoms with Gasteiger partial charge in [0, 0.05) is 5.69 Å². The number of amides is 1. The van der Waals surface area contributed by atoms with Gasteiger partial charge in [0.15, 0.2) is 5.16 Å². The smallest absolute Gasteiger partial charge is 0.337 e. The molecular weight excluding hydrogens is 457 g/mol. The van der Waals surface area contributed by atoms with Gasteiger partial charge in [0.25, 0.3) is 5.56 Å². The lowest BCUT2D eigenvalue weighted by molar-refractivity contribution is -0.113. The van der Waals surface area contributed by atoms with Crippen molar-refractivity contribution in [1.82, 2.24) is 9.55 Å². The molecule has 3 aromatic carbocycles. The van der Waals surface area contributed by atoms with Crippen LogP contribution in [0.1, 0.15) is 15.9 Å². The SMILES string of the molecule is COC(=O)c1ccc(NC(=O)CSc2nc3ccccc3c(=O)n2Cc2ccc(F)cc2)cc1. The van der Waals surface area contributed by atoms with E-state index in [1.165, 1.54) is 23.8 Å². The van der Waals surface area contributed by atoms with Gasteiger partial charge in [0.1, 0.15) is 5.82 Å². The Morgan fingerprint density at radius 1 is 1.03 bits per heavy atom. The zero-order valence-corrected chi connectivity index (χ0v) is 19.0. The van der Waals surface area contributed by atoms with Crippen molar-refractivity contribution in [3.05, 3.63) is 100 Å². The number of nitrogens with one attached hydrogen (secondary N) is 1. The molecule has 0 saturated carbocycles. The van der Waals surface area contributed by atoms with Crippen LogP contribution in [0.4, 0.5) is 10.1 Å². The van der Waals surface area contributed by atoms with E-state index in [0.29, 0.717) is 27.3 Å². The molecule has 0 atom stereocenters. The number of para-hydroxylation sites is 1. The van der Waals surface area contributed by atoms with Crippen LogP contribution >= 0.6 is 11.8 Å². The van der Waals surface area contributed by atoms with Crippen LogP contribution in [0.25, 0.3) is 10.9 Å². The summed E-state index contributed by atoms with van der Waals surface area (Å²) in [5.74, 6) is -1.12. The van der Waals surface area contributed by atoms with Crippen molar-refractivity contribution in [2.45, 2.75) is 11.7 Å². The van der Waals surface area contributed by atoms with Gasteiger partial charge >= 0.3 is 5.97 Å². The first-order chi connectivity index (χ1) is 16.4. The van der Waals surface area contributed by atoms with Crippen LogP contribution in [0.2, 0.25) is 0 Å². The molecule has 7 nitrogen and oxygen atoms in total. The van der Waals surface area contributed by atoms with Gasteiger partial charge in [-0.3, -0.25) is 14.2 Å². The average Bonchev–Trinajstić information content (AvgIpc) is 2.86. The summed E-state index contributed by atoms with van der Waals surface area (Å²) in [6.07, 6.45) is 0. The number of hydrogen-bond donors (Lipinski definition) is 1. The van der Waals surface area contributed by atoms with E-state index in [0.717, 1.165) is 17.3 Å². The number of anilines is 1. The summed E-state index contributed by atoms with van der Waals surface area (Å²) in [4.78, 5) is 41.8. The van der Waals surface area contributed by atoms with Gasteiger partial charge in [0.2, 0.25) is 5.91 Å². The number of nitrogens with zero attached hydrogens (tertiary/aromatic N) is 2. The minimum Gasteiger partial charge on any atom is -0.465 e. The largest absolute Gasteiger partial charge is 0.465 e. The molecular formula is C25H20FN3O4S. The fourth-order valence-electron chi connectivity index (χ4n) is 3.30. The lowest BCUT2D eigenvalue weighted by atomic mass is 10.2. The van der Waals surface area contributed by atoms with Crippen LogP contribution in [0.5, 0.6) is 0 Å². The molecule has 34 heavy (non-hydrogen) atoms. The number of aromatic nitrogens is 2. The van der Waals surface area contributed by atoms with Gasteiger partial charge in [-0.1, -0.05) is 36.0 Å². The third-order valence-corrected chi connectivity index (χ3v) is 5.98. The Morgan fingerprint density at radius 2 is 1.74 bits per heavy atom. The van der Waals surface area contributed by atoms with Gasteiger partial charge in [-0.05, 0) is 54.1 Å². The molecule has 0 aliphatic rings. The first-order valence-electron chi connectivity index (χ1n) is 10.3. The lowest BCUT2D eigenvalue weighted by Crippen LogP contribution is -2.25. The third kappa shape index (κ3) is 5.32. The number of benzene rings is 3. The fraction of sp³-hybridized carbons (Fsp3) is 0.120. The van der Waals surface area contributed by atoms with Crippen molar-refractivity contribution in [1.29, 1.82) is 0 Å². The molecule has 172 valence electrons. The summed E-state index contributed by atoms with van der Waals surface area (Å²) < 4.78 is 19.5. The fourth-order valence-corrected chi connectivity index (χ4v) is 4.10. The third-order valence-electron chi connectivity index (χ3n) is 5.00. The van der Waals surface area contributed by atoms with Crippen molar-refractivity contribution in [3.8, 4) is 0 Å². The molecule has 0 fully saturated rings. The van der Waals surface area contributed by atoms with E-state index in [2.05, 4.69) is 15.0 Å². The first kappa shape index (κ1) is 23.2. The minimum atomic E-state index is -0.463. The topological polar surface area (TPSA) is 90.3 Å². The quantitative estimate of drug-likeness (QED) is 0.245. The molecule has 0 aliphatic carbocycles. The molecule has 0 spiro atoms. The Balaban J connectivity index is 1.54. The standard InChI is InChI=1S/C25H20FN3O4S/c1-33-24(32)17-8-12-19(13-9-17)27-22(30)15-34-25-28-21-5-3-2-4-20(21)23(31)29(25)14-16-6-10-18(26)11-7-16/h2-13H,14-15H2,1H3,(H,27,30). The summed E-state index contributed by atoms with van der Waals surface area (Å²) in [5, 5.41) is 3.60. The zero-order valence-electron chi connectivity index (χ0n) is 18.2. The molecule has 4 aromatic rings. The van der Waals surface area contributed by atoms with Crippen molar-refractivity contribution < 1.29 is 18.7 Å². The average molecular weight is 478 g/mol. The van der Waals surface area contributed by atoms with Gasteiger partial charge < -0.3 is 10.1 Å². The number of carbonyl (C=O) groups is 2. The van der Waals surface area contributed by atoms with Crippen LogP contribution in [-0.2, 0) is 16.1 Å². The maximum Gasteiger partial charge on any atom is 0.337 e. The molecule has 1 aromatic heterocycles. The number of rotatable bonds is 7. The molecule has 1 amide bonds. The van der Waals surface area contributed by atoms with Crippen LogP contribution in [-0.4, -0.2) is 34.3 Å². The predicted molar refractivity (Wildman–Crippen MR) is 129 cm³/mol. The maximum atomic E-state index is 13.3.